The minimum Gasteiger partial charge on any atom is -0.332 e. The molecule has 6 aromatic carbocycles. The van der Waals surface area contributed by atoms with Crippen LogP contribution in [0.4, 0.5) is 5.82 Å². The molecule has 0 spiro atoms. The molecule has 0 saturated carbocycles. The fourth-order valence-electron chi connectivity index (χ4n) is 7.53. The van der Waals surface area contributed by atoms with Gasteiger partial charge in [0.25, 0.3) is 0 Å². The molecule has 5 heteroatoms. The Bertz CT molecular complexity index is 2680. The summed E-state index contributed by atoms with van der Waals surface area (Å²) in [5, 5.41) is 7.52. The SMILES string of the molecule is c1ccc(-c2cccc(C3=NC(n4c5ccccc5c5ccc6c(ccn6-c6ccccc6)c54)Nc4c3ccn4-c3ccccc3)c2)cc1. The van der Waals surface area contributed by atoms with Crippen molar-refractivity contribution in [2.45, 2.75) is 6.29 Å². The van der Waals surface area contributed by atoms with Crippen molar-refractivity contribution in [1.82, 2.24) is 13.7 Å². The maximum atomic E-state index is 5.60. The highest BCUT2D eigenvalue weighted by atomic mass is 15.3. The van der Waals surface area contributed by atoms with Crippen LogP contribution in [0.15, 0.2) is 181 Å². The number of aliphatic imine (C=N–C) groups is 1. The van der Waals surface area contributed by atoms with Crippen LogP contribution in [0.2, 0.25) is 0 Å². The first-order chi connectivity index (χ1) is 24.3. The lowest BCUT2D eigenvalue weighted by Crippen LogP contribution is -2.25. The number of para-hydroxylation sites is 3. The van der Waals surface area contributed by atoms with Gasteiger partial charge in [-0.2, -0.15) is 0 Å². The van der Waals surface area contributed by atoms with Crippen molar-refractivity contribution >= 4 is 44.2 Å². The number of hydrogen-bond acceptors (Lipinski definition) is 2. The van der Waals surface area contributed by atoms with Crippen molar-refractivity contribution in [2.24, 2.45) is 4.99 Å². The Morgan fingerprint density at radius 3 is 1.92 bits per heavy atom. The molecule has 0 saturated heterocycles. The zero-order valence-corrected chi connectivity index (χ0v) is 26.6. The van der Waals surface area contributed by atoms with E-state index in [-0.39, 0.29) is 0 Å². The van der Waals surface area contributed by atoms with Gasteiger partial charge in [0.15, 0.2) is 0 Å². The van der Waals surface area contributed by atoms with E-state index in [1.165, 1.54) is 27.3 Å². The molecule has 9 aromatic rings. The van der Waals surface area contributed by atoms with Crippen molar-refractivity contribution in [3.63, 3.8) is 0 Å². The lowest BCUT2D eigenvalue weighted by Gasteiger charge is -2.28. The van der Waals surface area contributed by atoms with Crippen LogP contribution in [-0.2, 0) is 0 Å². The number of aromatic nitrogens is 3. The summed E-state index contributed by atoms with van der Waals surface area (Å²) in [5.41, 5.74) is 11.2. The summed E-state index contributed by atoms with van der Waals surface area (Å²) < 4.78 is 6.91. The third-order valence-corrected chi connectivity index (χ3v) is 9.75. The molecule has 4 heterocycles. The van der Waals surface area contributed by atoms with E-state index in [0.29, 0.717) is 0 Å². The van der Waals surface area contributed by atoms with E-state index in [9.17, 15) is 0 Å². The van der Waals surface area contributed by atoms with Crippen LogP contribution in [0, 0.1) is 0 Å². The smallest absolute Gasteiger partial charge is 0.202 e. The van der Waals surface area contributed by atoms with Gasteiger partial charge in [-0.05, 0) is 65.7 Å². The molecule has 1 aliphatic heterocycles. The predicted molar refractivity (Wildman–Crippen MR) is 202 cm³/mol. The standard InChI is InChI=1S/C44H31N5/c1-4-13-30(14-5-1)31-15-12-16-32(29-31)41-38-26-28-48(34-19-8-3-9-20-34)43(38)46-44(45-41)49-40-22-11-10-21-35(40)36-23-24-39-37(42(36)49)25-27-47(39)33-17-6-2-7-18-33/h1-29,44,46H. The Morgan fingerprint density at radius 1 is 0.469 bits per heavy atom. The van der Waals surface area contributed by atoms with Crippen LogP contribution in [0.3, 0.4) is 0 Å². The fraction of sp³-hybridized carbons (Fsp3) is 0.0227. The molecule has 0 aliphatic carbocycles. The summed E-state index contributed by atoms with van der Waals surface area (Å²) in [5.74, 6) is 1.02. The zero-order valence-electron chi connectivity index (χ0n) is 26.6. The van der Waals surface area contributed by atoms with Crippen molar-refractivity contribution in [1.29, 1.82) is 0 Å². The Hall–Kier alpha value is -6.59. The monoisotopic (exact) mass is 629 g/mol. The third kappa shape index (κ3) is 4.36. The van der Waals surface area contributed by atoms with Crippen molar-refractivity contribution < 1.29 is 0 Å². The first-order valence-electron chi connectivity index (χ1n) is 16.7. The van der Waals surface area contributed by atoms with Gasteiger partial charge >= 0.3 is 0 Å². The van der Waals surface area contributed by atoms with E-state index in [0.717, 1.165) is 50.6 Å². The number of anilines is 1. The van der Waals surface area contributed by atoms with Crippen molar-refractivity contribution in [3.05, 3.63) is 187 Å². The number of nitrogens with zero attached hydrogens (tertiary/aromatic N) is 4. The van der Waals surface area contributed by atoms with Crippen LogP contribution in [0.5, 0.6) is 0 Å². The van der Waals surface area contributed by atoms with Gasteiger partial charge in [-0.3, -0.25) is 0 Å². The molecule has 1 atom stereocenters. The highest BCUT2D eigenvalue weighted by Crippen LogP contribution is 2.41. The number of hydrogen-bond donors (Lipinski definition) is 1. The van der Waals surface area contributed by atoms with Gasteiger partial charge in [0.1, 0.15) is 5.82 Å². The van der Waals surface area contributed by atoms with Crippen LogP contribution in [0.25, 0.3) is 55.2 Å². The van der Waals surface area contributed by atoms with E-state index in [4.69, 9.17) is 4.99 Å². The van der Waals surface area contributed by atoms with Crippen LogP contribution < -0.4 is 5.32 Å². The highest BCUT2D eigenvalue weighted by molar-refractivity contribution is 6.19. The van der Waals surface area contributed by atoms with Crippen LogP contribution in [0.1, 0.15) is 17.4 Å². The molecule has 49 heavy (non-hydrogen) atoms. The maximum absolute atomic E-state index is 5.60. The summed E-state index contributed by atoms with van der Waals surface area (Å²) in [4.78, 5) is 5.60. The van der Waals surface area contributed by atoms with Gasteiger partial charge in [-0.15, -0.1) is 0 Å². The molecular formula is C44H31N5. The third-order valence-electron chi connectivity index (χ3n) is 9.75. The van der Waals surface area contributed by atoms with Gasteiger partial charge in [0, 0.05) is 51.1 Å². The molecule has 232 valence electrons. The minimum atomic E-state index is -0.409. The van der Waals surface area contributed by atoms with Gasteiger partial charge in [0.2, 0.25) is 6.29 Å². The number of fused-ring (bicyclic) bond motifs is 6. The number of rotatable bonds is 5. The summed E-state index contributed by atoms with van der Waals surface area (Å²) in [6.45, 7) is 0. The molecule has 1 aliphatic rings. The van der Waals surface area contributed by atoms with Gasteiger partial charge in [-0.25, -0.2) is 4.99 Å². The molecule has 1 N–H and O–H groups in total. The van der Waals surface area contributed by atoms with E-state index >= 15 is 0 Å². The van der Waals surface area contributed by atoms with E-state index < -0.39 is 6.29 Å². The molecule has 0 fully saturated rings. The maximum Gasteiger partial charge on any atom is 0.202 e. The first-order valence-corrected chi connectivity index (χ1v) is 16.7. The van der Waals surface area contributed by atoms with Gasteiger partial charge < -0.3 is 19.0 Å². The first kappa shape index (κ1) is 27.5. The fourth-order valence-corrected chi connectivity index (χ4v) is 7.53. The predicted octanol–water partition coefficient (Wildman–Crippen LogP) is 10.6. The van der Waals surface area contributed by atoms with E-state index in [1.54, 1.807) is 0 Å². The molecule has 0 radical (unpaired) electrons. The summed E-state index contributed by atoms with van der Waals surface area (Å²) in [6.07, 6.45) is 3.92. The summed E-state index contributed by atoms with van der Waals surface area (Å²) >= 11 is 0. The topological polar surface area (TPSA) is 39.2 Å². The summed E-state index contributed by atoms with van der Waals surface area (Å²) in [7, 11) is 0. The molecule has 3 aromatic heterocycles. The lowest BCUT2D eigenvalue weighted by molar-refractivity contribution is 0.620. The number of benzene rings is 6. The van der Waals surface area contributed by atoms with E-state index in [2.05, 4.69) is 195 Å². The van der Waals surface area contributed by atoms with Crippen molar-refractivity contribution in [3.8, 4) is 22.5 Å². The second kappa shape index (κ2) is 11.0. The second-order valence-electron chi connectivity index (χ2n) is 12.5. The normalized spacial score (nSPS) is 14.2. The quantitative estimate of drug-likeness (QED) is 0.202. The molecule has 10 rings (SSSR count). The van der Waals surface area contributed by atoms with Crippen LogP contribution >= 0.6 is 0 Å². The Balaban J connectivity index is 1.23. The van der Waals surface area contributed by atoms with Gasteiger partial charge in [-0.1, -0.05) is 109 Å². The molecule has 0 bridgehead atoms. The number of nitrogens with one attached hydrogen (secondary N) is 1. The lowest BCUT2D eigenvalue weighted by atomic mass is 9.97. The molecular weight excluding hydrogens is 599 g/mol. The largest absolute Gasteiger partial charge is 0.332 e. The highest BCUT2D eigenvalue weighted by Gasteiger charge is 2.29. The molecule has 5 nitrogen and oxygen atoms in total. The Kier molecular flexibility index (Phi) is 6.18. The molecule has 0 amide bonds. The Labute approximate surface area is 283 Å². The average Bonchev–Trinajstić information content (AvgIpc) is 3.90. The van der Waals surface area contributed by atoms with Crippen LogP contribution in [-0.4, -0.2) is 19.4 Å². The van der Waals surface area contributed by atoms with Gasteiger partial charge in [0.05, 0.1) is 22.3 Å². The Morgan fingerprint density at radius 2 is 1.12 bits per heavy atom. The van der Waals surface area contributed by atoms with Crippen molar-refractivity contribution in [2.75, 3.05) is 5.32 Å². The zero-order chi connectivity index (χ0) is 32.3. The second-order valence-corrected chi connectivity index (χ2v) is 12.5. The summed E-state index contributed by atoms with van der Waals surface area (Å²) in [6, 6.07) is 58.0. The van der Waals surface area contributed by atoms with E-state index in [1.807, 2.05) is 0 Å². The average molecular weight is 630 g/mol. The molecule has 1 unspecified atom stereocenters. The minimum absolute atomic E-state index is 0.409.